The Hall–Kier alpha value is -2.35. The zero-order chi connectivity index (χ0) is 13.8. The van der Waals surface area contributed by atoms with E-state index in [4.69, 9.17) is 15.7 Å². The number of ether oxygens (including phenoxy) is 1. The molecule has 1 saturated heterocycles. The number of hydrogen-bond donors (Lipinski definition) is 3. The van der Waals surface area contributed by atoms with E-state index in [0.717, 1.165) is 6.34 Å². The summed E-state index contributed by atoms with van der Waals surface area (Å²) in [4.78, 5) is 12.8. The van der Waals surface area contributed by atoms with Crippen LogP contribution in [0.5, 0.6) is 0 Å². The molecule has 2 rings (SSSR count). The number of nitrogens with one attached hydrogen (secondary N) is 1. The number of carbonyl (C=O) groups is 1. The summed E-state index contributed by atoms with van der Waals surface area (Å²) in [6, 6.07) is 4.19. The molecule has 0 aliphatic carbocycles. The van der Waals surface area contributed by atoms with Crippen LogP contribution in [0.15, 0.2) is 23.3 Å². The van der Waals surface area contributed by atoms with Crippen LogP contribution in [0.2, 0.25) is 0 Å². The van der Waals surface area contributed by atoms with Crippen LogP contribution in [0.25, 0.3) is 0 Å². The molecule has 1 heterocycles. The maximum atomic E-state index is 13.7. The summed E-state index contributed by atoms with van der Waals surface area (Å²) in [5.41, 5.74) is 0.540. The Labute approximate surface area is 108 Å². The van der Waals surface area contributed by atoms with Gasteiger partial charge < -0.3 is 21.0 Å². The number of carbonyl (C=O) groups excluding carboxylic acids is 1. The number of hydrazone groups is 1. The Morgan fingerprint density at radius 2 is 2.47 bits per heavy atom. The molecule has 0 unspecified atom stereocenters. The van der Waals surface area contributed by atoms with Crippen LogP contribution in [0.3, 0.4) is 0 Å². The highest BCUT2D eigenvalue weighted by Gasteiger charge is 2.32. The second kappa shape index (κ2) is 5.53. The molecule has 0 bridgehead atoms. The molecule has 102 valence electrons. The Balaban J connectivity index is 2.18. The molecule has 1 aliphatic heterocycles. The van der Waals surface area contributed by atoms with E-state index in [-0.39, 0.29) is 18.8 Å². The normalized spacial score (nSPS) is 18.9. The van der Waals surface area contributed by atoms with Gasteiger partial charge in [0.2, 0.25) is 0 Å². The minimum atomic E-state index is -0.609. The lowest BCUT2D eigenvalue weighted by Gasteiger charge is -2.14. The van der Waals surface area contributed by atoms with Crippen molar-refractivity contribution in [2.45, 2.75) is 6.10 Å². The van der Waals surface area contributed by atoms with Gasteiger partial charge in [0.1, 0.15) is 18.3 Å². The van der Waals surface area contributed by atoms with Crippen LogP contribution >= 0.6 is 0 Å². The largest absolute Gasteiger partial charge is 0.441 e. The molecule has 1 fully saturated rings. The van der Waals surface area contributed by atoms with Gasteiger partial charge in [0.15, 0.2) is 0 Å². The summed E-state index contributed by atoms with van der Waals surface area (Å²) in [6.07, 6.45) is -0.0512. The number of nitrogens with two attached hydrogens (primary N) is 1. The van der Waals surface area contributed by atoms with E-state index in [1.54, 1.807) is 6.07 Å². The first-order valence-corrected chi connectivity index (χ1v) is 5.52. The third-order valence-electron chi connectivity index (χ3n) is 2.64. The molecule has 0 aromatic heterocycles. The minimum absolute atomic E-state index is 0.184. The summed E-state index contributed by atoms with van der Waals surface area (Å²) in [5, 5.41) is 14.7. The van der Waals surface area contributed by atoms with Gasteiger partial charge in [0, 0.05) is 0 Å². The fraction of sp³-hybridized carbons (Fsp3) is 0.273. The van der Waals surface area contributed by atoms with E-state index < -0.39 is 18.0 Å². The van der Waals surface area contributed by atoms with E-state index in [1.165, 1.54) is 17.0 Å². The number of aliphatic hydroxyl groups excluding tert-OH is 1. The zero-order valence-electron chi connectivity index (χ0n) is 9.91. The fourth-order valence-electron chi connectivity index (χ4n) is 1.72. The van der Waals surface area contributed by atoms with Crippen molar-refractivity contribution in [1.29, 1.82) is 0 Å². The van der Waals surface area contributed by atoms with Crippen molar-refractivity contribution in [3.8, 4) is 0 Å². The van der Waals surface area contributed by atoms with Crippen molar-refractivity contribution in [2.24, 2.45) is 10.9 Å². The Morgan fingerprint density at radius 1 is 1.68 bits per heavy atom. The van der Waals surface area contributed by atoms with E-state index in [1.807, 2.05) is 0 Å². The lowest BCUT2D eigenvalue weighted by atomic mass is 10.2. The van der Waals surface area contributed by atoms with Crippen molar-refractivity contribution >= 4 is 23.8 Å². The number of hydrogen-bond acceptors (Lipinski definition) is 5. The average Bonchev–Trinajstić information content (AvgIpc) is 2.78. The number of halogens is 1. The molecule has 0 radical (unpaired) electrons. The number of aliphatic hydroxyl groups is 1. The Morgan fingerprint density at radius 3 is 3.05 bits per heavy atom. The van der Waals surface area contributed by atoms with Gasteiger partial charge >= 0.3 is 6.09 Å². The summed E-state index contributed by atoms with van der Waals surface area (Å²) in [5.74, 6) is 4.34. The number of rotatable bonds is 4. The Kier molecular flexibility index (Phi) is 3.81. The predicted molar refractivity (Wildman–Crippen MR) is 67.4 cm³/mol. The zero-order valence-corrected chi connectivity index (χ0v) is 9.91. The average molecular weight is 268 g/mol. The smallest absolute Gasteiger partial charge is 0.414 e. The van der Waals surface area contributed by atoms with Crippen molar-refractivity contribution in [1.82, 2.24) is 0 Å². The highest BCUT2D eigenvalue weighted by molar-refractivity contribution is 5.90. The molecule has 4 N–H and O–H groups in total. The SMILES string of the molecule is N/N=C\Nc1ccc(N2C[C@H](CO)OC2=O)cc1F. The molecule has 8 heteroatoms. The van der Waals surface area contributed by atoms with Crippen LogP contribution in [0, 0.1) is 5.82 Å². The van der Waals surface area contributed by atoms with Gasteiger partial charge in [0.05, 0.1) is 24.5 Å². The number of nitrogens with zero attached hydrogens (tertiary/aromatic N) is 2. The molecule has 19 heavy (non-hydrogen) atoms. The van der Waals surface area contributed by atoms with Crippen LogP contribution in [0.4, 0.5) is 20.6 Å². The topological polar surface area (TPSA) is 100 Å². The molecule has 0 saturated carbocycles. The van der Waals surface area contributed by atoms with E-state index in [9.17, 15) is 9.18 Å². The standard InChI is InChI=1S/C11H13FN4O3/c12-9-3-7(1-2-10(9)14-6-15-13)16-4-8(5-17)19-11(16)18/h1-3,6,8,17H,4-5,13H2,(H,14,15)/t8-/m1/s1. The summed E-state index contributed by atoms with van der Waals surface area (Å²) >= 11 is 0. The molecule has 1 amide bonds. The first-order chi connectivity index (χ1) is 9.15. The number of amides is 1. The Bertz CT molecular complexity index is 509. The molecule has 7 nitrogen and oxygen atoms in total. The van der Waals surface area contributed by atoms with Crippen molar-refractivity contribution in [3.05, 3.63) is 24.0 Å². The van der Waals surface area contributed by atoms with Gasteiger partial charge in [-0.25, -0.2) is 9.18 Å². The first-order valence-electron chi connectivity index (χ1n) is 5.52. The predicted octanol–water partition coefficient (Wildman–Crippen LogP) is 0.457. The van der Waals surface area contributed by atoms with Crippen molar-refractivity contribution in [3.63, 3.8) is 0 Å². The van der Waals surface area contributed by atoms with Gasteiger partial charge in [-0.15, -0.1) is 0 Å². The lowest BCUT2D eigenvalue weighted by molar-refractivity contribution is 0.0963. The first kappa shape index (κ1) is 13.1. The molecular formula is C11H13FN4O3. The maximum Gasteiger partial charge on any atom is 0.414 e. The van der Waals surface area contributed by atoms with Crippen molar-refractivity contribution in [2.75, 3.05) is 23.4 Å². The van der Waals surface area contributed by atoms with Gasteiger partial charge in [0.25, 0.3) is 0 Å². The molecule has 1 aliphatic rings. The van der Waals surface area contributed by atoms with Crippen LogP contribution in [0.1, 0.15) is 0 Å². The van der Waals surface area contributed by atoms with Crippen molar-refractivity contribution < 1.29 is 19.0 Å². The highest BCUT2D eigenvalue weighted by atomic mass is 19.1. The number of benzene rings is 1. The van der Waals surface area contributed by atoms with E-state index in [2.05, 4.69) is 10.4 Å². The minimum Gasteiger partial charge on any atom is -0.441 e. The lowest BCUT2D eigenvalue weighted by Crippen LogP contribution is -2.25. The number of cyclic esters (lactones) is 1. The monoisotopic (exact) mass is 268 g/mol. The molecule has 1 aromatic rings. The molecule has 1 aromatic carbocycles. The van der Waals surface area contributed by atoms with E-state index >= 15 is 0 Å². The van der Waals surface area contributed by atoms with Crippen LogP contribution < -0.4 is 16.1 Å². The number of anilines is 2. The quantitative estimate of drug-likeness (QED) is 0.319. The molecule has 1 atom stereocenters. The second-order valence-corrected chi connectivity index (χ2v) is 3.89. The van der Waals surface area contributed by atoms with Gasteiger partial charge in [-0.05, 0) is 18.2 Å². The van der Waals surface area contributed by atoms with Gasteiger partial charge in [-0.2, -0.15) is 5.10 Å². The maximum absolute atomic E-state index is 13.7. The summed E-state index contributed by atoms with van der Waals surface area (Å²) in [7, 11) is 0. The van der Waals surface area contributed by atoms with Crippen LogP contribution in [-0.2, 0) is 4.74 Å². The third kappa shape index (κ3) is 2.74. The fourth-order valence-corrected chi connectivity index (χ4v) is 1.72. The summed E-state index contributed by atoms with van der Waals surface area (Å²) < 4.78 is 18.6. The molecule has 0 spiro atoms. The summed E-state index contributed by atoms with van der Waals surface area (Å²) in [6.45, 7) is -0.0802. The second-order valence-electron chi connectivity index (χ2n) is 3.89. The van der Waals surface area contributed by atoms with Gasteiger partial charge in [-0.3, -0.25) is 4.90 Å². The van der Waals surface area contributed by atoms with Gasteiger partial charge in [-0.1, -0.05) is 0 Å². The molecular weight excluding hydrogens is 255 g/mol. The highest BCUT2D eigenvalue weighted by Crippen LogP contribution is 2.25. The van der Waals surface area contributed by atoms with E-state index in [0.29, 0.717) is 5.69 Å². The van der Waals surface area contributed by atoms with Crippen LogP contribution in [-0.4, -0.2) is 36.8 Å². The third-order valence-corrected chi connectivity index (χ3v) is 2.64.